The van der Waals surface area contributed by atoms with Gasteiger partial charge in [-0.3, -0.25) is 14.1 Å². The lowest BCUT2D eigenvalue weighted by Crippen LogP contribution is -2.47. The Morgan fingerprint density at radius 2 is 1.71 bits per heavy atom. The van der Waals surface area contributed by atoms with Crippen LogP contribution in [-0.2, 0) is 26.3 Å². The van der Waals surface area contributed by atoms with Gasteiger partial charge in [-0.15, -0.1) is 22.7 Å². The summed E-state index contributed by atoms with van der Waals surface area (Å²) in [6, 6.07) is 19.3. The molecular weight excluding hydrogens is 585 g/mol. The number of hydrogen-bond acceptors (Lipinski definition) is 8. The van der Waals surface area contributed by atoms with E-state index in [0.29, 0.717) is 18.5 Å². The van der Waals surface area contributed by atoms with Crippen molar-refractivity contribution in [1.82, 2.24) is 15.6 Å². The van der Waals surface area contributed by atoms with E-state index in [1.165, 1.54) is 36.1 Å². The zero-order valence-corrected chi connectivity index (χ0v) is 25.2. The van der Waals surface area contributed by atoms with Gasteiger partial charge in [-0.25, -0.2) is 9.78 Å². The lowest BCUT2D eigenvalue weighted by Gasteiger charge is -2.22. The van der Waals surface area contributed by atoms with Gasteiger partial charge in [0.05, 0.1) is 29.4 Å². The largest absolute Gasteiger partial charge is 0.453 e. The third kappa shape index (κ3) is 10.6. The Hall–Kier alpha value is -3.78. The molecule has 13 heteroatoms. The van der Waals surface area contributed by atoms with Crippen LogP contribution < -0.4 is 15.4 Å². The number of nitrogens with zero attached hydrogens (tertiary/aromatic N) is 1. The standard InChI is InChI=1S/C21H24N4O6S3.C7H8/c1-3-15(24-21(27)31-2)19(26)22-16(17-12-33-20(23-17)18-5-4-10-32-18)11-13-6-8-14(9-7-13)25-34(28,29)30;1-7-5-3-2-4-6-7/h4-10,12,15-16,25H,3,11H2,1-2H3,(H,22,26)(H,24,27)(H,28,29,30);2-6H,1H3/t15-,16-;/m0./s1. The number of ether oxygens (including phenoxy) is 1. The maximum Gasteiger partial charge on any atom is 0.407 e. The molecule has 2 heterocycles. The molecule has 0 radical (unpaired) electrons. The van der Waals surface area contributed by atoms with Gasteiger partial charge < -0.3 is 15.4 Å². The van der Waals surface area contributed by atoms with Crippen LogP contribution in [0.5, 0.6) is 0 Å². The van der Waals surface area contributed by atoms with Crippen molar-refractivity contribution >= 4 is 50.7 Å². The van der Waals surface area contributed by atoms with Gasteiger partial charge >= 0.3 is 16.4 Å². The number of nitrogens with one attached hydrogen (secondary N) is 3. The summed E-state index contributed by atoms with van der Waals surface area (Å²) in [5, 5.41) is 10.1. The van der Waals surface area contributed by atoms with Gasteiger partial charge in [0.2, 0.25) is 5.91 Å². The average Bonchev–Trinajstić information content (AvgIpc) is 3.65. The first-order chi connectivity index (χ1) is 19.6. The van der Waals surface area contributed by atoms with E-state index in [4.69, 9.17) is 9.54 Å². The minimum absolute atomic E-state index is 0.203. The number of carbonyl (C=O) groups excluding carboxylic acids is 2. The Bertz CT molecular complexity index is 1490. The summed E-state index contributed by atoms with van der Waals surface area (Å²) in [6.07, 6.45) is 0.0236. The first-order valence-electron chi connectivity index (χ1n) is 12.6. The summed E-state index contributed by atoms with van der Waals surface area (Å²) in [7, 11) is -3.15. The lowest BCUT2D eigenvalue weighted by molar-refractivity contribution is -0.123. The molecule has 2 aromatic heterocycles. The minimum atomic E-state index is -4.37. The Labute approximate surface area is 247 Å². The number of alkyl carbamates (subject to hydrolysis) is 1. The van der Waals surface area contributed by atoms with Gasteiger partial charge in [-0.05, 0) is 48.9 Å². The number of amides is 2. The number of benzene rings is 2. The van der Waals surface area contributed by atoms with Crippen molar-refractivity contribution < 1.29 is 27.3 Å². The Morgan fingerprint density at radius 1 is 1.00 bits per heavy atom. The number of aryl methyl sites for hydroxylation is 1. The summed E-state index contributed by atoms with van der Waals surface area (Å²) in [6.45, 7) is 3.86. The Balaban J connectivity index is 0.000000575. The smallest absolute Gasteiger partial charge is 0.407 e. The zero-order valence-electron chi connectivity index (χ0n) is 22.7. The molecule has 0 aliphatic carbocycles. The van der Waals surface area contributed by atoms with Crippen LogP contribution in [0.15, 0.2) is 77.5 Å². The molecule has 2 amide bonds. The van der Waals surface area contributed by atoms with Gasteiger partial charge in [0, 0.05) is 5.38 Å². The molecule has 0 aliphatic heterocycles. The van der Waals surface area contributed by atoms with Crippen LogP contribution >= 0.6 is 22.7 Å². The van der Waals surface area contributed by atoms with E-state index < -0.39 is 28.5 Å². The van der Waals surface area contributed by atoms with E-state index in [9.17, 15) is 18.0 Å². The van der Waals surface area contributed by atoms with Crippen LogP contribution in [0.3, 0.4) is 0 Å². The molecule has 2 atom stereocenters. The van der Waals surface area contributed by atoms with Gasteiger partial charge in [-0.1, -0.05) is 61.0 Å². The average molecular weight is 617 g/mol. The topological polar surface area (TPSA) is 147 Å². The molecule has 2 aromatic carbocycles. The first-order valence-corrected chi connectivity index (χ1v) is 15.8. The van der Waals surface area contributed by atoms with Crippen molar-refractivity contribution in [2.45, 2.75) is 38.8 Å². The molecule has 218 valence electrons. The van der Waals surface area contributed by atoms with E-state index in [2.05, 4.69) is 34.4 Å². The second kappa shape index (κ2) is 15.3. The molecule has 0 spiro atoms. The zero-order chi connectivity index (χ0) is 29.8. The van der Waals surface area contributed by atoms with Crippen LogP contribution in [0.4, 0.5) is 10.5 Å². The van der Waals surface area contributed by atoms with E-state index in [1.807, 2.05) is 45.8 Å². The first kappa shape index (κ1) is 31.7. The third-order valence-electron chi connectivity index (χ3n) is 5.71. The molecule has 10 nitrogen and oxygen atoms in total. The highest BCUT2D eigenvalue weighted by Gasteiger charge is 2.25. The van der Waals surface area contributed by atoms with Crippen molar-refractivity contribution in [2.24, 2.45) is 0 Å². The number of aromatic nitrogens is 1. The predicted molar refractivity (Wildman–Crippen MR) is 162 cm³/mol. The molecule has 0 bridgehead atoms. The van der Waals surface area contributed by atoms with E-state index in [0.717, 1.165) is 15.4 Å². The van der Waals surface area contributed by atoms with Crippen LogP contribution in [0.2, 0.25) is 0 Å². The highest BCUT2D eigenvalue weighted by Crippen LogP contribution is 2.31. The second-order valence-corrected chi connectivity index (χ2v) is 11.8. The third-order valence-corrected chi connectivity index (χ3v) is 8.10. The monoisotopic (exact) mass is 616 g/mol. The Kier molecular flexibility index (Phi) is 11.8. The Morgan fingerprint density at radius 3 is 2.24 bits per heavy atom. The van der Waals surface area contributed by atoms with E-state index >= 15 is 0 Å². The molecular formula is C28H32N4O6S3. The number of thiazole rings is 1. The summed E-state index contributed by atoms with van der Waals surface area (Å²) >= 11 is 3.03. The molecule has 0 saturated carbocycles. The number of carbonyl (C=O) groups is 2. The minimum Gasteiger partial charge on any atom is -0.453 e. The lowest BCUT2D eigenvalue weighted by atomic mass is 10.0. The van der Waals surface area contributed by atoms with Crippen LogP contribution in [0.1, 0.15) is 36.2 Å². The number of hydrogen-bond donors (Lipinski definition) is 4. The summed E-state index contributed by atoms with van der Waals surface area (Å²) in [5.74, 6) is -0.381. The van der Waals surface area contributed by atoms with Gasteiger partial charge in [-0.2, -0.15) is 8.42 Å². The van der Waals surface area contributed by atoms with Gasteiger partial charge in [0.15, 0.2) is 0 Å². The summed E-state index contributed by atoms with van der Waals surface area (Å²) in [5.41, 5.74) is 2.98. The highest BCUT2D eigenvalue weighted by atomic mass is 32.2. The normalized spacial score (nSPS) is 12.3. The quantitative estimate of drug-likeness (QED) is 0.169. The van der Waals surface area contributed by atoms with Gasteiger partial charge in [0.1, 0.15) is 11.0 Å². The molecule has 0 aliphatic rings. The summed E-state index contributed by atoms with van der Waals surface area (Å²) in [4.78, 5) is 30.3. The molecule has 4 N–H and O–H groups in total. The number of methoxy groups -OCH3 is 1. The molecule has 0 saturated heterocycles. The molecule has 0 unspecified atom stereocenters. The second-order valence-electron chi connectivity index (χ2n) is 8.85. The van der Waals surface area contributed by atoms with Gasteiger partial charge in [0.25, 0.3) is 0 Å². The van der Waals surface area contributed by atoms with Crippen molar-refractivity contribution in [3.8, 4) is 9.88 Å². The molecule has 0 fully saturated rings. The summed E-state index contributed by atoms with van der Waals surface area (Å²) < 4.78 is 37.6. The molecule has 4 aromatic rings. The maximum atomic E-state index is 12.9. The number of thiophene rings is 1. The van der Waals surface area contributed by atoms with E-state index in [1.54, 1.807) is 30.4 Å². The fourth-order valence-corrected chi connectivity index (χ4v) is 5.77. The van der Waals surface area contributed by atoms with Crippen LogP contribution in [-0.4, -0.2) is 43.1 Å². The van der Waals surface area contributed by atoms with Crippen molar-refractivity contribution in [3.63, 3.8) is 0 Å². The fourth-order valence-electron chi connectivity index (χ4n) is 3.64. The fraction of sp³-hybridized carbons (Fsp3) is 0.250. The van der Waals surface area contributed by atoms with Crippen LogP contribution in [0.25, 0.3) is 9.88 Å². The highest BCUT2D eigenvalue weighted by molar-refractivity contribution is 7.87. The SMILES string of the molecule is CC[C@H](NC(=O)OC)C(=O)N[C@@H](Cc1ccc(NS(=O)(=O)O)cc1)c1csc(-c2cccs2)n1.Cc1ccccc1. The molecule has 41 heavy (non-hydrogen) atoms. The number of anilines is 1. The maximum absolute atomic E-state index is 12.9. The van der Waals surface area contributed by atoms with Crippen molar-refractivity contribution in [3.05, 3.63) is 94.3 Å². The molecule has 4 rings (SSSR count). The van der Waals surface area contributed by atoms with E-state index in [-0.39, 0.29) is 11.6 Å². The van der Waals surface area contributed by atoms with Crippen LogP contribution in [0, 0.1) is 6.92 Å². The van der Waals surface area contributed by atoms with Crippen molar-refractivity contribution in [1.29, 1.82) is 0 Å². The van der Waals surface area contributed by atoms with Crippen molar-refractivity contribution in [2.75, 3.05) is 11.8 Å². The number of rotatable bonds is 10. The predicted octanol–water partition coefficient (Wildman–Crippen LogP) is 5.62.